The number of anilines is 3. The second kappa shape index (κ2) is 8.12. The molecule has 3 nitrogen and oxygen atoms in total. The van der Waals surface area contributed by atoms with E-state index in [0.717, 1.165) is 46.7 Å². The third-order valence-corrected chi connectivity index (χ3v) is 7.50. The fourth-order valence-corrected chi connectivity index (χ4v) is 5.81. The Hall–Kier alpha value is -3.07. The van der Waals surface area contributed by atoms with Crippen LogP contribution in [-0.4, -0.2) is 18.9 Å². The van der Waals surface area contributed by atoms with Crippen LogP contribution in [0.4, 0.5) is 17.1 Å². The number of rotatable bonds is 4. The first-order valence-corrected chi connectivity index (χ1v) is 12.2. The van der Waals surface area contributed by atoms with E-state index < -0.39 is 0 Å². The summed E-state index contributed by atoms with van der Waals surface area (Å²) in [5.41, 5.74) is 8.66. The standard InChI is InChI=1S/C29H30N2O/c32-29-27-11-5-4-10-25(27)26-13-12-22(19-28(26)29)30-23-16-21(20-8-2-1-3-9-20)17-24(18-23)31-14-6-7-15-31/h4-5,10-13,16-20,30H,1-3,6-9,14-15H2. The van der Waals surface area contributed by atoms with Crippen LogP contribution in [0.5, 0.6) is 0 Å². The Balaban J connectivity index is 1.33. The fraction of sp³-hybridized carbons (Fsp3) is 0.345. The zero-order valence-corrected chi connectivity index (χ0v) is 18.6. The Morgan fingerprint density at radius 2 is 1.44 bits per heavy atom. The molecule has 0 spiro atoms. The van der Waals surface area contributed by atoms with Crippen LogP contribution >= 0.6 is 0 Å². The molecule has 1 saturated carbocycles. The number of hydrogen-bond acceptors (Lipinski definition) is 3. The van der Waals surface area contributed by atoms with Gasteiger partial charge in [0, 0.05) is 41.3 Å². The summed E-state index contributed by atoms with van der Waals surface area (Å²) in [7, 11) is 0. The van der Waals surface area contributed by atoms with E-state index in [9.17, 15) is 4.79 Å². The molecular weight excluding hydrogens is 392 g/mol. The van der Waals surface area contributed by atoms with E-state index >= 15 is 0 Å². The first-order chi connectivity index (χ1) is 15.8. The topological polar surface area (TPSA) is 32.3 Å². The third kappa shape index (κ3) is 3.50. The smallest absolute Gasteiger partial charge is 0.194 e. The van der Waals surface area contributed by atoms with Gasteiger partial charge in [0.1, 0.15) is 0 Å². The molecule has 0 bridgehead atoms. The van der Waals surface area contributed by atoms with Crippen molar-refractivity contribution in [2.45, 2.75) is 50.9 Å². The predicted octanol–water partition coefficient (Wildman–Crippen LogP) is 7.29. The molecule has 1 aliphatic heterocycles. The molecule has 32 heavy (non-hydrogen) atoms. The summed E-state index contributed by atoms with van der Waals surface area (Å²) in [6.45, 7) is 2.30. The van der Waals surface area contributed by atoms with E-state index in [1.807, 2.05) is 30.3 Å². The maximum atomic E-state index is 12.9. The second-order valence-corrected chi connectivity index (χ2v) is 9.60. The van der Waals surface area contributed by atoms with Gasteiger partial charge in [-0.25, -0.2) is 0 Å². The molecule has 2 aliphatic carbocycles. The average Bonchev–Trinajstić information content (AvgIpc) is 3.47. The highest BCUT2D eigenvalue weighted by Crippen LogP contribution is 2.40. The summed E-state index contributed by atoms with van der Waals surface area (Å²) in [5, 5.41) is 3.65. The van der Waals surface area contributed by atoms with Crippen LogP contribution in [-0.2, 0) is 0 Å². The van der Waals surface area contributed by atoms with Crippen molar-refractivity contribution >= 4 is 22.8 Å². The second-order valence-electron chi connectivity index (χ2n) is 9.60. The van der Waals surface area contributed by atoms with Crippen molar-refractivity contribution in [2.24, 2.45) is 0 Å². The van der Waals surface area contributed by atoms with Gasteiger partial charge in [0.05, 0.1) is 0 Å². The normalized spacial score (nSPS) is 18.0. The van der Waals surface area contributed by atoms with Crippen molar-refractivity contribution < 1.29 is 4.79 Å². The van der Waals surface area contributed by atoms with Gasteiger partial charge in [-0.2, -0.15) is 0 Å². The molecule has 3 aromatic carbocycles. The van der Waals surface area contributed by atoms with E-state index in [1.54, 1.807) is 0 Å². The number of hydrogen-bond donors (Lipinski definition) is 1. The van der Waals surface area contributed by atoms with Crippen molar-refractivity contribution in [1.82, 2.24) is 0 Å². The molecule has 0 atom stereocenters. The molecule has 0 unspecified atom stereocenters. The highest BCUT2D eigenvalue weighted by molar-refractivity contribution is 6.22. The molecule has 1 N–H and O–H groups in total. The Morgan fingerprint density at radius 1 is 0.688 bits per heavy atom. The Labute approximate surface area is 190 Å². The monoisotopic (exact) mass is 422 g/mol. The van der Waals surface area contributed by atoms with Crippen LogP contribution < -0.4 is 10.2 Å². The first kappa shape index (κ1) is 19.6. The number of benzene rings is 3. The zero-order valence-electron chi connectivity index (χ0n) is 18.6. The van der Waals surface area contributed by atoms with Gasteiger partial charge in [0.2, 0.25) is 0 Å². The Kier molecular flexibility index (Phi) is 4.98. The van der Waals surface area contributed by atoms with E-state index in [2.05, 4.69) is 40.5 Å². The van der Waals surface area contributed by atoms with Gasteiger partial charge in [-0.3, -0.25) is 4.79 Å². The van der Waals surface area contributed by atoms with Crippen LogP contribution in [0.1, 0.15) is 72.3 Å². The summed E-state index contributed by atoms with van der Waals surface area (Å²) < 4.78 is 0. The van der Waals surface area contributed by atoms with Gasteiger partial charge >= 0.3 is 0 Å². The summed E-state index contributed by atoms with van der Waals surface area (Å²) in [6, 6.07) is 21.2. The lowest BCUT2D eigenvalue weighted by Gasteiger charge is -2.26. The molecule has 0 amide bonds. The fourth-order valence-electron chi connectivity index (χ4n) is 5.81. The van der Waals surface area contributed by atoms with Gasteiger partial charge in [-0.1, -0.05) is 49.6 Å². The molecule has 0 radical (unpaired) electrons. The molecule has 6 rings (SSSR count). The van der Waals surface area contributed by atoms with Crippen LogP contribution in [0.3, 0.4) is 0 Å². The lowest BCUT2D eigenvalue weighted by Crippen LogP contribution is -2.18. The Bertz CT molecular complexity index is 1170. The summed E-state index contributed by atoms with van der Waals surface area (Å²) in [4.78, 5) is 15.5. The minimum atomic E-state index is 0.132. The minimum Gasteiger partial charge on any atom is -0.371 e. The molecule has 1 heterocycles. The molecule has 3 aromatic rings. The first-order valence-electron chi connectivity index (χ1n) is 12.2. The van der Waals surface area contributed by atoms with Crippen LogP contribution in [0.2, 0.25) is 0 Å². The van der Waals surface area contributed by atoms with Crippen molar-refractivity contribution in [2.75, 3.05) is 23.3 Å². The number of nitrogens with zero attached hydrogens (tertiary/aromatic N) is 1. The summed E-state index contributed by atoms with van der Waals surface area (Å²) >= 11 is 0. The highest BCUT2D eigenvalue weighted by atomic mass is 16.1. The summed E-state index contributed by atoms with van der Waals surface area (Å²) in [6.07, 6.45) is 9.22. The molecule has 162 valence electrons. The zero-order chi connectivity index (χ0) is 21.5. The predicted molar refractivity (Wildman–Crippen MR) is 132 cm³/mol. The highest BCUT2D eigenvalue weighted by Gasteiger charge is 2.26. The Morgan fingerprint density at radius 3 is 2.25 bits per heavy atom. The molecule has 0 aromatic heterocycles. The molecule has 1 saturated heterocycles. The van der Waals surface area contributed by atoms with Crippen LogP contribution in [0, 0.1) is 0 Å². The van der Waals surface area contributed by atoms with E-state index in [1.165, 1.54) is 56.2 Å². The van der Waals surface area contributed by atoms with E-state index in [4.69, 9.17) is 0 Å². The largest absolute Gasteiger partial charge is 0.371 e. The quantitative estimate of drug-likeness (QED) is 0.375. The van der Waals surface area contributed by atoms with Crippen molar-refractivity contribution in [3.63, 3.8) is 0 Å². The average molecular weight is 423 g/mol. The van der Waals surface area contributed by atoms with Gasteiger partial charge in [-0.05, 0) is 78.6 Å². The maximum Gasteiger partial charge on any atom is 0.194 e. The maximum absolute atomic E-state index is 12.9. The number of carbonyl (C=O) groups excluding carboxylic acids is 1. The van der Waals surface area contributed by atoms with E-state index in [0.29, 0.717) is 5.92 Å². The number of carbonyl (C=O) groups is 1. The number of ketones is 1. The van der Waals surface area contributed by atoms with Gasteiger partial charge in [0.25, 0.3) is 0 Å². The van der Waals surface area contributed by atoms with Crippen LogP contribution in [0.15, 0.2) is 60.7 Å². The van der Waals surface area contributed by atoms with Crippen molar-refractivity contribution in [3.05, 3.63) is 77.4 Å². The van der Waals surface area contributed by atoms with Gasteiger partial charge in [-0.15, -0.1) is 0 Å². The van der Waals surface area contributed by atoms with Gasteiger partial charge in [0.15, 0.2) is 5.78 Å². The van der Waals surface area contributed by atoms with Crippen LogP contribution in [0.25, 0.3) is 11.1 Å². The van der Waals surface area contributed by atoms with Crippen molar-refractivity contribution in [1.29, 1.82) is 0 Å². The molecule has 3 aliphatic rings. The molecule has 3 heteroatoms. The van der Waals surface area contributed by atoms with Crippen molar-refractivity contribution in [3.8, 4) is 11.1 Å². The number of fused-ring (bicyclic) bond motifs is 3. The SMILES string of the molecule is O=C1c2ccccc2-c2ccc(Nc3cc(C4CCCCC4)cc(N4CCCC4)c3)cc21. The minimum absolute atomic E-state index is 0.132. The van der Waals surface area contributed by atoms with E-state index in [-0.39, 0.29) is 5.78 Å². The lowest BCUT2D eigenvalue weighted by atomic mass is 9.83. The summed E-state index contributed by atoms with van der Waals surface area (Å²) in [5.74, 6) is 0.802. The molecular formula is C29H30N2O. The third-order valence-electron chi connectivity index (χ3n) is 7.50. The number of nitrogens with one attached hydrogen (secondary N) is 1. The van der Waals surface area contributed by atoms with Gasteiger partial charge < -0.3 is 10.2 Å². The lowest BCUT2D eigenvalue weighted by molar-refractivity contribution is 0.104. The molecule has 2 fully saturated rings.